The molecular weight excluding hydrogens is 645 g/mol. The molecule has 1 aromatic heterocycles. The molecule has 0 bridgehead atoms. The lowest BCUT2D eigenvalue weighted by Crippen LogP contribution is -2.38. The third kappa shape index (κ3) is 5.20. The summed E-state index contributed by atoms with van der Waals surface area (Å²) in [6.07, 6.45) is 3.38. The standard InChI is InChI=1S/C34H23BrFN3O4S/c35-24-10-16-29(43-19-20-5-13-26(14-6-20)39(41)42)23(17-24)18-30-33(40)38-32(22-7-11-25(36)12-8-22)28-15-9-21-3-1-2-4-27(21)31(28)37-34(38)44-30/h1-8,10-14,16-18,32H,9,15,19H2. The lowest BCUT2D eigenvalue weighted by molar-refractivity contribution is -0.384. The Bertz CT molecular complexity index is 2150. The Labute approximate surface area is 263 Å². The van der Waals surface area contributed by atoms with Crippen molar-refractivity contribution >= 4 is 44.7 Å². The van der Waals surface area contributed by atoms with E-state index in [1.807, 2.05) is 30.3 Å². The van der Waals surface area contributed by atoms with Gasteiger partial charge in [-0.25, -0.2) is 9.38 Å². The summed E-state index contributed by atoms with van der Waals surface area (Å²) in [5.41, 5.74) is 6.33. The molecule has 0 fully saturated rings. The minimum atomic E-state index is -0.441. The molecule has 10 heteroatoms. The minimum absolute atomic E-state index is 0.0116. The summed E-state index contributed by atoms with van der Waals surface area (Å²) in [7, 11) is 0. The van der Waals surface area contributed by atoms with E-state index in [9.17, 15) is 19.3 Å². The Balaban J connectivity index is 1.33. The molecule has 0 amide bonds. The molecule has 7 nitrogen and oxygen atoms in total. The quantitative estimate of drug-likeness (QED) is 0.149. The van der Waals surface area contributed by atoms with E-state index in [1.54, 1.807) is 34.9 Å². The number of aromatic nitrogens is 1. The second kappa shape index (κ2) is 11.4. The number of thiazole rings is 1. The molecule has 44 heavy (non-hydrogen) atoms. The van der Waals surface area contributed by atoms with E-state index in [-0.39, 0.29) is 23.7 Å². The predicted octanol–water partition coefficient (Wildman–Crippen LogP) is 6.71. The lowest BCUT2D eigenvalue weighted by Gasteiger charge is -2.30. The maximum Gasteiger partial charge on any atom is 0.271 e. The van der Waals surface area contributed by atoms with Gasteiger partial charge in [0.2, 0.25) is 0 Å². The molecular formula is C34H23BrFN3O4S. The summed E-state index contributed by atoms with van der Waals surface area (Å²) in [5, 5.41) is 11.0. The molecule has 5 aromatic rings. The van der Waals surface area contributed by atoms with Gasteiger partial charge in [0.15, 0.2) is 4.80 Å². The van der Waals surface area contributed by atoms with Gasteiger partial charge in [-0.05, 0) is 83.6 Å². The van der Waals surface area contributed by atoms with Crippen LogP contribution in [0.1, 0.15) is 40.3 Å². The fraction of sp³-hybridized carbons (Fsp3) is 0.118. The van der Waals surface area contributed by atoms with Gasteiger partial charge in [0.1, 0.15) is 18.2 Å². The average molecular weight is 669 g/mol. The van der Waals surface area contributed by atoms with Crippen LogP contribution in [0, 0.1) is 15.9 Å². The number of non-ortho nitro benzene ring substituents is 1. The Morgan fingerprint density at radius 1 is 1.05 bits per heavy atom. The summed E-state index contributed by atoms with van der Waals surface area (Å²) >= 11 is 4.84. The van der Waals surface area contributed by atoms with Crippen LogP contribution in [0.2, 0.25) is 0 Å². The summed E-state index contributed by atoms with van der Waals surface area (Å²) in [6.45, 7) is 0.193. The number of nitro benzene ring substituents is 1. The molecule has 7 rings (SSSR count). The molecule has 218 valence electrons. The molecule has 0 N–H and O–H groups in total. The number of allylic oxidation sites excluding steroid dienone is 1. The van der Waals surface area contributed by atoms with Crippen LogP contribution in [-0.2, 0) is 13.0 Å². The largest absolute Gasteiger partial charge is 0.488 e. The van der Waals surface area contributed by atoms with Crippen LogP contribution in [0.4, 0.5) is 10.1 Å². The van der Waals surface area contributed by atoms with Crippen LogP contribution < -0.4 is 19.6 Å². The molecule has 0 radical (unpaired) electrons. The molecule has 1 atom stereocenters. The van der Waals surface area contributed by atoms with E-state index in [4.69, 9.17) is 9.73 Å². The van der Waals surface area contributed by atoms with Crippen LogP contribution >= 0.6 is 27.3 Å². The van der Waals surface area contributed by atoms with Crippen molar-refractivity contribution in [3.63, 3.8) is 0 Å². The van der Waals surface area contributed by atoms with E-state index in [0.717, 1.165) is 45.3 Å². The van der Waals surface area contributed by atoms with E-state index >= 15 is 0 Å². The average Bonchev–Trinajstić information content (AvgIpc) is 3.34. The number of nitrogens with zero attached hydrogens (tertiary/aromatic N) is 3. The normalized spacial score (nSPS) is 15.7. The van der Waals surface area contributed by atoms with Gasteiger partial charge in [-0.15, -0.1) is 0 Å². The number of aryl methyl sites for hydroxylation is 1. The molecule has 0 spiro atoms. The van der Waals surface area contributed by atoms with Gasteiger partial charge in [-0.2, -0.15) is 0 Å². The van der Waals surface area contributed by atoms with Crippen molar-refractivity contribution in [2.24, 2.45) is 4.99 Å². The number of rotatable bonds is 6. The number of hydrogen-bond donors (Lipinski definition) is 0. The predicted molar refractivity (Wildman–Crippen MR) is 171 cm³/mol. The Hall–Kier alpha value is -4.67. The zero-order chi connectivity index (χ0) is 30.4. The number of hydrogen-bond acceptors (Lipinski definition) is 6. The maximum absolute atomic E-state index is 14.1. The first-order chi connectivity index (χ1) is 21.4. The summed E-state index contributed by atoms with van der Waals surface area (Å²) in [4.78, 5) is 30.3. The second-order valence-electron chi connectivity index (χ2n) is 10.6. The fourth-order valence-corrected chi connectivity index (χ4v) is 7.12. The summed E-state index contributed by atoms with van der Waals surface area (Å²) < 4.78 is 23.1. The Morgan fingerprint density at radius 3 is 2.59 bits per heavy atom. The Morgan fingerprint density at radius 2 is 1.82 bits per heavy atom. The van der Waals surface area contributed by atoms with Crippen LogP contribution in [0.5, 0.6) is 5.75 Å². The maximum atomic E-state index is 14.1. The number of fused-ring (bicyclic) bond motifs is 3. The summed E-state index contributed by atoms with van der Waals surface area (Å²) in [6, 6.07) is 25.9. The molecule has 0 saturated carbocycles. The third-order valence-corrected chi connectivity index (χ3v) is 9.33. The monoisotopic (exact) mass is 667 g/mol. The first-order valence-electron chi connectivity index (χ1n) is 13.9. The van der Waals surface area contributed by atoms with Crippen molar-refractivity contribution in [1.29, 1.82) is 0 Å². The van der Waals surface area contributed by atoms with Gasteiger partial charge in [0, 0.05) is 27.7 Å². The molecule has 4 aromatic carbocycles. The van der Waals surface area contributed by atoms with E-state index in [2.05, 4.69) is 28.1 Å². The van der Waals surface area contributed by atoms with Crippen LogP contribution in [-0.4, -0.2) is 9.49 Å². The minimum Gasteiger partial charge on any atom is -0.488 e. The van der Waals surface area contributed by atoms with Gasteiger partial charge < -0.3 is 4.74 Å². The number of benzene rings is 4. The number of halogens is 2. The smallest absolute Gasteiger partial charge is 0.271 e. The SMILES string of the molecule is O=c1c(=Cc2cc(Br)ccc2OCc2ccc([N+](=O)[O-])cc2)sc2n1C(c1ccc(F)cc1)C1=C(N=2)c2ccccc2CC1. The van der Waals surface area contributed by atoms with Crippen molar-refractivity contribution < 1.29 is 14.1 Å². The van der Waals surface area contributed by atoms with Gasteiger partial charge in [0.25, 0.3) is 11.2 Å². The van der Waals surface area contributed by atoms with Crippen LogP contribution in [0.25, 0.3) is 11.8 Å². The first-order valence-corrected chi connectivity index (χ1v) is 15.5. The van der Waals surface area contributed by atoms with Gasteiger partial charge in [-0.3, -0.25) is 19.5 Å². The lowest BCUT2D eigenvalue weighted by atomic mass is 9.83. The number of nitro groups is 1. The molecule has 1 aliphatic carbocycles. The van der Waals surface area contributed by atoms with Gasteiger partial charge in [0.05, 0.1) is 21.2 Å². The Kier molecular flexibility index (Phi) is 7.31. The van der Waals surface area contributed by atoms with Gasteiger partial charge in [-0.1, -0.05) is 63.7 Å². The molecule has 1 unspecified atom stereocenters. The highest BCUT2D eigenvalue weighted by atomic mass is 79.9. The molecule has 2 heterocycles. The zero-order valence-corrected chi connectivity index (χ0v) is 25.5. The zero-order valence-electron chi connectivity index (χ0n) is 23.1. The van der Waals surface area contributed by atoms with E-state index in [0.29, 0.717) is 20.6 Å². The summed E-state index contributed by atoms with van der Waals surface area (Å²) in [5.74, 6) is 0.223. The fourth-order valence-electron chi connectivity index (χ4n) is 5.75. The third-order valence-electron chi connectivity index (χ3n) is 7.86. The molecule has 2 aliphatic rings. The molecule has 1 aliphatic heterocycles. The number of ether oxygens (including phenoxy) is 1. The van der Waals surface area contributed by atoms with Crippen LogP contribution in [0.3, 0.4) is 0 Å². The highest BCUT2D eigenvalue weighted by Gasteiger charge is 2.32. The highest BCUT2D eigenvalue weighted by Crippen LogP contribution is 2.41. The van der Waals surface area contributed by atoms with Crippen molar-refractivity contribution in [3.8, 4) is 5.75 Å². The molecule has 0 saturated heterocycles. The van der Waals surface area contributed by atoms with E-state index < -0.39 is 11.0 Å². The van der Waals surface area contributed by atoms with E-state index in [1.165, 1.54) is 41.2 Å². The van der Waals surface area contributed by atoms with Crippen molar-refractivity contribution in [1.82, 2.24) is 4.57 Å². The van der Waals surface area contributed by atoms with Crippen molar-refractivity contribution in [3.05, 3.63) is 164 Å². The van der Waals surface area contributed by atoms with Crippen molar-refractivity contribution in [2.75, 3.05) is 0 Å². The topological polar surface area (TPSA) is 86.7 Å². The highest BCUT2D eigenvalue weighted by molar-refractivity contribution is 9.10. The van der Waals surface area contributed by atoms with Crippen LogP contribution in [0.15, 0.2) is 111 Å². The van der Waals surface area contributed by atoms with Gasteiger partial charge >= 0.3 is 0 Å². The van der Waals surface area contributed by atoms with Crippen molar-refractivity contribution in [2.45, 2.75) is 25.5 Å². The second-order valence-corrected chi connectivity index (χ2v) is 12.5. The first kappa shape index (κ1) is 28.1.